The number of hydrogen-bond donors (Lipinski definition) is 0. The molecule has 7 atom stereocenters. The van der Waals surface area contributed by atoms with Gasteiger partial charge >= 0.3 is 0 Å². The molecular formula is C27H44. The van der Waals surface area contributed by atoms with Crippen LogP contribution in [0.1, 0.15) is 98.8 Å². The molecule has 0 nitrogen and oxygen atoms in total. The van der Waals surface area contributed by atoms with Gasteiger partial charge in [0.25, 0.3) is 0 Å². The Morgan fingerprint density at radius 1 is 1.00 bits per heavy atom. The summed E-state index contributed by atoms with van der Waals surface area (Å²) in [4.78, 5) is 0. The average molecular weight is 369 g/mol. The zero-order chi connectivity index (χ0) is 19.2. The minimum absolute atomic E-state index is 0.486. The monoisotopic (exact) mass is 368 g/mol. The van der Waals surface area contributed by atoms with Gasteiger partial charge in [0.2, 0.25) is 0 Å². The molecule has 0 aliphatic heterocycles. The molecule has 2 saturated carbocycles. The fourth-order valence-electron chi connectivity index (χ4n) is 8.21. The molecule has 27 heavy (non-hydrogen) atoms. The van der Waals surface area contributed by atoms with Gasteiger partial charge in [-0.25, -0.2) is 0 Å². The van der Waals surface area contributed by atoms with Crippen LogP contribution in [0.4, 0.5) is 0 Å². The van der Waals surface area contributed by atoms with Gasteiger partial charge in [0.1, 0.15) is 0 Å². The van der Waals surface area contributed by atoms with Crippen molar-refractivity contribution >= 4 is 0 Å². The Hall–Kier alpha value is -0.520. The highest BCUT2D eigenvalue weighted by atomic mass is 14.6. The predicted molar refractivity (Wildman–Crippen MR) is 118 cm³/mol. The lowest BCUT2D eigenvalue weighted by Gasteiger charge is -2.56. The van der Waals surface area contributed by atoms with Crippen LogP contribution in [-0.4, -0.2) is 0 Å². The van der Waals surface area contributed by atoms with E-state index in [1.807, 2.05) is 0 Å². The molecule has 152 valence electrons. The lowest BCUT2D eigenvalue weighted by Crippen LogP contribution is -2.49. The normalized spacial score (nSPS) is 44.4. The van der Waals surface area contributed by atoms with E-state index in [-0.39, 0.29) is 0 Å². The summed E-state index contributed by atoms with van der Waals surface area (Å²) in [5.41, 5.74) is 2.78. The van der Waals surface area contributed by atoms with Crippen LogP contribution in [0.3, 0.4) is 0 Å². The second-order valence-electron chi connectivity index (χ2n) is 11.6. The highest BCUT2D eigenvalue weighted by Gasteiger charge is 2.58. The van der Waals surface area contributed by atoms with E-state index in [2.05, 4.69) is 52.8 Å². The molecule has 4 aliphatic rings. The lowest BCUT2D eigenvalue weighted by atomic mass is 9.48. The van der Waals surface area contributed by atoms with Crippen LogP contribution < -0.4 is 0 Å². The zero-order valence-electron chi connectivity index (χ0n) is 18.8. The smallest absolute Gasteiger partial charge is 0.00445 e. The van der Waals surface area contributed by atoms with Crippen molar-refractivity contribution in [3.63, 3.8) is 0 Å². The van der Waals surface area contributed by atoms with Crippen molar-refractivity contribution in [1.29, 1.82) is 0 Å². The third kappa shape index (κ3) is 3.28. The molecule has 0 aromatic heterocycles. The maximum Gasteiger partial charge on any atom is -0.00445 e. The Balaban J connectivity index is 1.51. The number of rotatable bonds is 5. The second kappa shape index (κ2) is 7.38. The third-order valence-electron chi connectivity index (χ3n) is 9.77. The fraction of sp³-hybridized carbons (Fsp3) is 0.852. The van der Waals surface area contributed by atoms with Crippen LogP contribution in [0.25, 0.3) is 0 Å². The van der Waals surface area contributed by atoms with Gasteiger partial charge in [-0.1, -0.05) is 72.1 Å². The van der Waals surface area contributed by atoms with Crippen molar-refractivity contribution in [2.24, 2.45) is 46.3 Å². The van der Waals surface area contributed by atoms with E-state index in [9.17, 15) is 0 Å². The summed E-state index contributed by atoms with van der Waals surface area (Å²) >= 11 is 0. The Kier molecular flexibility index (Phi) is 5.41. The first-order valence-electron chi connectivity index (χ1n) is 12.2. The highest BCUT2D eigenvalue weighted by Crippen LogP contribution is 2.66. The summed E-state index contributed by atoms with van der Waals surface area (Å²) in [5, 5.41) is 0. The first-order valence-corrected chi connectivity index (χ1v) is 12.2. The van der Waals surface area contributed by atoms with Crippen LogP contribution in [0.15, 0.2) is 23.8 Å². The SMILES string of the molecule is CC(C)CCC[C@@H](C)[C@H]1CC[C@H]2[C@@H]3C=CC4=CCCC[C@]4(C)[C@H]3CC[C@]12C. The molecule has 0 spiro atoms. The van der Waals surface area contributed by atoms with Gasteiger partial charge in [0.15, 0.2) is 0 Å². The molecule has 0 saturated heterocycles. The minimum Gasteiger partial charge on any atom is -0.0808 e. The molecule has 0 N–H and O–H groups in total. The summed E-state index contributed by atoms with van der Waals surface area (Å²) in [7, 11) is 0. The zero-order valence-corrected chi connectivity index (χ0v) is 18.8. The van der Waals surface area contributed by atoms with Gasteiger partial charge in [0.05, 0.1) is 0 Å². The first kappa shape index (κ1) is 19.8. The summed E-state index contributed by atoms with van der Waals surface area (Å²) in [6.07, 6.45) is 22.2. The summed E-state index contributed by atoms with van der Waals surface area (Å²) in [6, 6.07) is 0. The molecule has 4 rings (SSSR count). The molecule has 0 unspecified atom stereocenters. The quantitative estimate of drug-likeness (QED) is 0.459. The summed E-state index contributed by atoms with van der Waals surface area (Å²) in [5.74, 6) is 5.48. The Morgan fingerprint density at radius 3 is 2.59 bits per heavy atom. The van der Waals surface area contributed by atoms with Gasteiger partial charge in [0, 0.05) is 0 Å². The van der Waals surface area contributed by atoms with Crippen LogP contribution >= 0.6 is 0 Å². The van der Waals surface area contributed by atoms with Crippen molar-refractivity contribution < 1.29 is 0 Å². The van der Waals surface area contributed by atoms with Crippen molar-refractivity contribution in [3.05, 3.63) is 23.8 Å². The molecule has 0 aromatic carbocycles. The molecule has 0 aromatic rings. The topological polar surface area (TPSA) is 0 Å². The van der Waals surface area contributed by atoms with Crippen molar-refractivity contribution in [2.45, 2.75) is 98.8 Å². The molecule has 4 aliphatic carbocycles. The van der Waals surface area contributed by atoms with Crippen molar-refractivity contribution in [1.82, 2.24) is 0 Å². The van der Waals surface area contributed by atoms with Gasteiger partial charge in [-0.05, 0) is 96.9 Å². The predicted octanol–water partition coefficient (Wildman–Crippen LogP) is 8.19. The number of fused-ring (bicyclic) bond motifs is 5. The molecule has 0 heterocycles. The first-order chi connectivity index (χ1) is 12.9. The third-order valence-corrected chi connectivity index (χ3v) is 9.77. The summed E-state index contributed by atoms with van der Waals surface area (Å²) < 4.78 is 0. The molecular weight excluding hydrogens is 324 g/mol. The van der Waals surface area contributed by atoms with Crippen LogP contribution in [0, 0.1) is 46.3 Å². The van der Waals surface area contributed by atoms with E-state index in [0.29, 0.717) is 10.8 Å². The maximum atomic E-state index is 2.70. The van der Waals surface area contributed by atoms with Gasteiger partial charge in [-0.15, -0.1) is 0 Å². The molecule has 0 radical (unpaired) electrons. The summed E-state index contributed by atoms with van der Waals surface area (Å²) in [6.45, 7) is 12.7. The second-order valence-corrected chi connectivity index (χ2v) is 11.6. The average Bonchev–Trinajstić information content (AvgIpc) is 2.98. The molecule has 0 heteroatoms. The van der Waals surface area contributed by atoms with Crippen molar-refractivity contribution in [2.75, 3.05) is 0 Å². The highest BCUT2D eigenvalue weighted by molar-refractivity contribution is 5.35. The molecule has 2 fully saturated rings. The largest absolute Gasteiger partial charge is 0.0808 e. The number of allylic oxidation sites excluding steroid dienone is 4. The molecule has 0 bridgehead atoms. The van der Waals surface area contributed by atoms with E-state index < -0.39 is 0 Å². The van der Waals surface area contributed by atoms with Gasteiger partial charge in [-0.2, -0.15) is 0 Å². The minimum atomic E-state index is 0.486. The van der Waals surface area contributed by atoms with E-state index >= 15 is 0 Å². The van der Waals surface area contributed by atoms with Crippen LogP contribution in [0.2, 0.25) is 0 Å². The fourth-order valence-corrected chi connectivity index (χ4v) is 8.21. The molecule has 0 amide bonds. The van der Waals surface area contributed by atoms with Crippen molar-refractivity contribution in [3.8, 4) is 0 Å². The number of hydrogen-bond acceptors (Lipinski definition) is 0. The Morgan fingerprint density at radius 2 is 1.81 bits per heavy atom. The Bertz CT molecular complexity index is 595. The van der Waals surface area contributed by atoms with Gasteiger partial charge < -0.3 is 0 Å². The Labute approximate surface area is 169 Å². The van der Waals surface area contributed by atoms with E-state index in [0.717, 1.165) is 35.5 Å². The maximum absolute atomic E-state index is 2.70. The van der Waals surface area contributed by atoms with E-state index in [4.69, 9.17) is 0 Å². The van der Waals surface area contributed by atoms with Crippen LogP contribution in [-0.2, 0) is 0 Å². The van der Waals surface area contributed by atoms with E-state index in [1.54, 1.807) is 5.57 Å². The van der Waals surface area contributed by atoms with E-state index in [1.165, 1.54) is 64.2 Å². The standard InChI is InChI=1S/C27H44/c1-19(2)9-8-10-20(3)23-14-15-24-22-13-12-21-11-6-7-17-26(21,4)25(22)16-18-27(23,24)5/h11-13,19-20,22-25H,6-10,14-18H2,1-5H3/t20-,22+,23-,24+,25+,26+,27-/m1/s1. The van der Waals surface area contributed by atoms with Gasteiger partial charge in [-0.3, -0.25) is 0 Å². The van der Waals surface area contributed by atoms with Crippen LogP contribution in [0.5, 0.6) is 0 Å². The lowest BCUT2D eigenvalue weighted by molar-refractivity contribution is -0.0264.